The predicted octanol–water partition coefficient (Wildman–Crippen LogP) is 4.74. The summed E-state index contributed by atoms with van der Waals surface area (Å²) in [6.45, 7) is 1.94. The van der Waals surface area contributed by atoms with Crippen molar-refractivity contribution in [3.05, 3.63) is 70.4 Å². The number of benzene rings is 2. The molecule has 3 aromatic rings. The lowest BCUT2D eigenvalue weighted by molar-refractivity contribution is 0.0672. The number of halogens is 1. The molecular weight excluding hydrogens is 380 g/mol. The molecule has 1 saturated heterocycles. The van der Waals surface area contributed by atoms with Crippen LogP contribution in [0.3, 0.4) is 0 Å². The second-order valence-corrected chi connectivity index (χ2v) is 7.89. The van der Waals surface area contributed by atoms with Gasteiger partial charge in [-0.15, -0.1) is 0 Å². The number of fused-ring (bicyclic) bond motifs is 1. The molecule has 27 heavy (non-hydrogen) atoms. The summed E-state index contributed by atoms with van der Waals surface area (Å²) in [5, 5.41) is 5.21. The zero-order valence-electron chi connectivity index (χ0n) is 15.1. The Kier molecular flexibility index (Phi) is 5.43. The summed E-state index contributed by atoms with van der Waals surface area (Å²) in [6.07, 6.45) is 2.04. The number of hydrogen-bond acceptors (Lipinski definition) is 4. The molecule has 0 aliphatic carbocycles. The molecule has 1 atom stereocenters. The third-order valence-electron chi connectivity index (χ3n) is 4.92. The fourth-order valence-electron chi connectivity index (χ4n) is 3.60. The fraction of sp³-hybridized carbons (Fsp3) is 0.286. The van der Waals surface area contributed by atoms with Gasteiger partial charge in [-0.05, 0) is 24.0 Å². The molecule has 0 spiro atoms. The van der Waals surface area contributed by atoms with Crippen LogP contribution in [0.25, 0.3) is 11.0 Å². The molecule has 1 aromatic heterocycles. The molecule has 0 bridgehead atoms. The molecule has 1 aliphatic heterocycles. The van der Waals surface area contributed by atoms with Gasteiger partial charge in [0.25, 0.3) is 5.91 Å². The number of thioether (sulfide) groups is 1. The van der Waals surface area contributed by atoms with Gasteiger partial charge < -0.3 is 14.6 Å². The van der Waals surface area contributed by atoms with E-state index in [1.54, 1.807) is 11.8 Å². The van der Waals surface area contributed by atoms with E-state index in [1.807, 2.05) is 59.7 Å². The molecule has 4 nitrogen and oxygen atoms in total. The lowest BCUT2D eigenvalue weighted by Crippen LogP contribution is -2.48. The summed E-state index contributed by atoms with van der Waals surface area (Å²) in [7, 11) is 0. The highest BCUT2D eigenvalue weighted by Gasteiger charge is 2.30. The Morgan fingerprint density at radius 1 is 1.26 bits per heavy atom. The Morgan fingerprint density at radius 2 is 2.04 bits per heavy atom. The maximum atomic E-state index is 13.3. The van der Waals surface area contributed by atoms with Gasteiger partial charge in [0.2, 0.25) is 0 Å². The summed E-state index contributed by atoms with van der Waals surface area (Å²) >= 11 is 8.05. The smallest absolute Gasteiger partial charge is 0.290 e. The standard InChI is InChI=1S/C21H21ClN2O2S/c1-27-13-16-14-6-3-5-9-19(14)26-20(16)21(25)24-11-10-23-18(12-24)15-7-2-4-8-17(15)22/h2-9,18,23H,10-13H2,1H3. The first-order valence-corrected chi connectivity index (χ1v) is 10.7. The molecule has 140 valence electrons. The minimum atomic E-state index is -0.0474. The van der Waals surface area contributed by atoms with Crippen molar-refractivity contribution in [3.8, 4) is 0 Å². The van der Waals surface area contributed by atoms with E-state index in [1.165, 1.54) is 0 Å². The monoisotopic (exact) mass is 400 g/mol. The minimum Gasteiger partial charge on any atom is -0.451 e. The van der Waals surface area contributed by atoms with Crippen molar-refractivity contribution in [2.45, 2.75) is 11.8 Å². The molecule has 0 radical (unpaired) electrons. The first-order valence-electron chi connectivity index (χ1n) is 8.95. The molecule has 2 heterocycles. The van der Waals surface area contributed by atoms with Crippen LogP contribution in [-0.4, -0.2) is 36.7 Å². The van der Waals surface area contributed by atoms with Crippen LogP contribution >= 0.6 is 23.4 Å². The lowest BCUT2D eigenvalue weighted by atomic mass is 10.0. The number of furan rings is 1. The van der Waals surface area contributed by atoms with Crippen LogP contribution in [0.15, 0.2) is 52.9 Å². The molecule has 4 rings (SSSR count). The van der Waals surface area contributed by atoms with E-state index < -0.39 is 0 Å². The Bertz CT molecular complexity index is 972. The summed E-state index contributed by atoms with van der Waals surface area (Å²) in [5.74, 6) is 1.16. The first kappa shape index (κ1) is 18.4. The third kappa shape index (κ3) is 3.59. The van der Waals surface area contributed by atoms with Crippen LogP contribution in [0.4, 0.5) is 0 Å². The Labute approximate surface area is 167 Å². The van der Waals surface area contributed by atoms with Gasteiger partial charge in [-0.1, -0.05) is 48.0 Å². The van der Waals surface area contributed by atoms with Crippen molar-refractivity contribution in [1.29, 1.82) is 0 Å². The van der Waals surface area contributed by atoms with Gasteiger partial charge in [0, 0.05) is 41.4 Å². The van der Waals surface area contributed by atoms with E-state index in [4.69, 9.17) is 16.0 Å². The maximum Gasteiger partial charge on any atom is 0.290 e. The van der Waals surface area contributed by atoms with Crippen molar-refractivity contribution in [2.75, 3.05) is 25.9 Å². The van der Waals surface area contributed by atoms with Gasteiger partial charge in [0.05, 0.1) is 6.04 Å². The van der Waals surface area contributed by atoms with E-state index >= 15 is 0 Å². The summed E-state index contributed by atoms with van der Waals surface area (Å²) < 4.78 is 5.98. The average Bonchev–Trinajstić information content (AvgIpc) is 3.07. The normalized spacial score (nSPS) is 17.4. The van der Waals surface area contributed by atoms with Gasteiger partial charge in [0.1, 0.15) is 5.58 Å². The van der Waals surface area contributed by atoms with Crippen LogP contribution in [0, 0.1) is 0 Å². The van der Waals surface area contributed by atoms with Crippen molar-refractivity contribution in [3.63, 3.8) is 0 Å². The van der Waals surface area contributed by atoms with Crippen molar-refractivity contribution in [1.82, 2.24) is 10.2 Å². The van der Waals surface area contributed by atoms with Crippen LogP contribution in [0.1, 0.15) is 27.7 Å². The number of nitrogens with one attached hydrogen (secondary N) is 1. The van der Waals surface area contributed by atoms with Gasteiger partial charge >= 0.3 is 0 Å². The number of nitrogens with zero attached hydrogens (tertiary/aromatic N) is 1. The molecule has 1 aliphatic rings. The number of carbonyl (C=O) groups excluding carboxylic acids is 1. The molecule has 1 unspecified atom stereocenters. The summed E-state index contributed by atoms with van der Waals surface area (Å²) in [4.78, 5) is 15.2. The molecule has 1 amide bonds. The highest BCUT2D eigenvalue weighted by Crippen LogP contribution is 2.31. The molecule has 2 aromatic carbocycles. The second-order valence-electron chi connectivity index (χ2n) is 6.62. The number of amides is 1. The number of carbonyl (C=O) groups is 1. The molecular formula is C21H21ClN2O2S. The Hall–Kier alpha value is -1.95. The van der Waals surface area contributed by atoms with Crippen LogP contribution in [0.2, 0.25) is 5.02 Å². The van der Waals surface area contributed by atoms with E-state index in [0.717, 1.165) is 39.4 Å². The zero-order valence-corrected chi connectivity index (χ0v) is 16.6. The molecule has 6 heteroatoms. The van der Waals surface area contributed by atoms with Crippen LogP contribution in [0.5, 0.6) is 0 Å². The Balaban J connectivity index is 1.64. The van der Waals surface area contributed by atoms with Crippen molar-refractivity contribution >= 4 is 40.2 Å². The van der Waals surface area contributed by atoms with Crippen LogP contribution in [-0.2, 0) is 5.75 Å². The predicted molar refractivity (Wildman–Crippen MR) is 112 cm³/mol. The van der Waals surface area contributed by atoms with E-state index in [9.17, 15) is 4.79 Å². The zero-order chi connectivity index (χ0) is 18.8. The van der Waals surface area contributed by atoms with Gasteiger partial charge in [-0.25, -0.2) is 0 Å². The summed E-state index contributed by atoms with van der Waals surface area (Å²) in [6, 6.07) is 15.6. The lowest BCUT2D eigenvalue weighted by Gasteiger charge is -2.34. The van der Waals surface area contributed by atoms with Gasteiger partial charge in [0.15, 0.2) is 5.76 Å². The molecule has 1 fully saturated rings. The number of hydrogen-bond donors (Lipinski definition) is 1. The third-order valence-corrected chi connectivity index (χ3v) is 5.85. The largest absolute Gasteiger partial charge is 0.451 e. The Morgan fingerprint density at radius 3 is 2.85 bits per heavy atom. The molecule has 1 N–H and O–H groups in total. The van der Waals surface area contributed by atoms with E-state index in [0.29, 0.717) is 18.8 Å². The summed E-state index contributed by atoms with van der Waals surface area (Å²) in [5.41, 5.74) is 2.77. The SMILES string of the molecule is CSCc1c(C(=O)N2CCNC(c3ccccc3Cl)C2)oc2ccccc12. The van der Waals surface area contributed by atoms with Crippen molar-refractivity contribution < 1.29 is 9.21 Å². The second kappa shape index (κ2) is 7.97. The topological polar surface area (TPSA) is 45.5 Å². The number of piperazine rings is 1. The highest BCUT2D eigenvalue weighted by atomic mass is 35.5. The minimum absolute atomic E-state index is 0.0183. The quantitative estimate of drug-likeness (QED) is 0.687. The maximum absolute atomic E-state index is 13.3. The molecule has 0 saturated carbocycles. The average molecular weight is 401 g/mol. The van der Waals surface area contributed by atoms with E-state index in [2.05, 4.69) is 5.32 Å². The highest BCUT2D eigenvalue weighted by molar-refractivity contribution is 7.97. The van der Waals surface area contributed by atoms with Crippen molar-refractivity contribution in [2.24, 2.45) is 0 Å². The van der Waals surface area contributed by atoms with Gasteiger partial charge in [-0.3, -0.25) is 4.79 Å². The first-order chi connectivity index (χ1) is 13.2. The number of para-hydroxylation sites is 1. The number of rotatable bonds is 4. The van der Waals surface area contributed by atoms with E-state index in [-0.39, 0.29) is 11.9 Å². The fourth-order valence-corrected chi connectivity index (χ4v) is 4.45. The van der Waals surface area contributed by atoms with Crippen LogP contribution < -0.4 is 5.32 Å². The van der Waals surface area contributed by atoms with Gasteiger partial charge in [-0.2, -0.15) is 11.8 Å².